The molecule has 0 spiro atoms. The molecule has 0 aliphatic carbocycles. The second-order valence-corrected chi connectivity index (χ2v) is 5.41. The smallest absolute Gasteiger partial charge is 0.354 e. The lowest BCUT2D eigenvalue weighted by molar-refractivity contribution is 0.0690. The number of H-pyrrole nitrogens is 1. The Morgan fingerprint density at radius 2 is 1.96 bits per heavy atom. The number of carbonyl (C=O) groups is 1. The van der Waals surface area contributed by atoms with Crippen molar-refractivity contribution in [3.05, 3.63) is 81.8 Å². The molecule has 0 amide bonds. The Kier molecular flexibility index (Phi) is 4.76. The fraction of sp³-hybridized carbons (Fsp3) is 0.0526. The van der Waals surface area contributed by atoms with Crippen LogP contribution >= 0.6 is 0 Å². The number of carboxylic acid groups (broad SMARTS) is 1. The second kappa shape index (κ2) is 7.32. The Hall–Kier alpha value is -3.92. The van der Waals surface area contributed by atoms with E-state index >= 15 is 0 Å². The summed E-state index contributed by atoms with van der Waals surface area (Å²) in [6, 6.07) is 16.9. The number of hydrogen-bond acceptors (Lipinski definition) is 5. The maximum Gasteiger partial charge on any atom is 0.354 e. The topological polar surface area (TPSA) is 116 Å². The zero-order valence-electron chi connectivity index (χ0n) is 13.5. The molecule has 3 rings (SSSR count). The second-order valence-electron chi connectivity index (χ2n) is 5.41. The number of nitriles is 1. The number of rotatable bonds is 5. The third-order valence-corrected chi connectivity index (χ3v) is 3.55. The third-order valence-electron chi connectivity index (χ3n) is 3.55. The normalized spacial score (nSPS) is 10.1. The average Bonchev–Trinajstić information content (AvgIpc) is 2.66. The van der Waals surface area contributed by atoms with Crippen molar-refractivity contribution in [2.45, 2.75) is 6.61 Å². The summed E-state index contributed by atoms with van der Waals surface area (Å²) < 4.78 is 5.67. The molecule has 0 radical (unpaired) electrons. The summed E-state index contributed by atoms with van der Waals surface area (Å²) in [5.74, 6) is -0.507. The summed E-state index contributed by atoms with van der Waals surface area (Å²) >= 11 is 0. The highest BCUT2D eigenvalue weighted by Gasteiger charge is 2.09. The molecule has 2 N–H and O–H groups in total. The van der Waals surface area contributed by atoms with Crippen molar-refractivity contribution in [1.82, 2.24) is 9.97 Å². The van der Waals surface area contributed by atoms with Gasteiger partial charge in [0.15, 0.2) is 5.69 Å². The molecule has 2 aromatic carbocycles. The number of ether oxygens (including phenoxy) is 1. The molecule has 0 bridgehead atoms. The summed E-state index contributed by atoms with van der Waals surface area (Å²) in [7, 11) is 0. The first-order valence-corrected chi connectivity index (χ1v) is 7.62. The zero-order chi connectivity index (χ0) is 18.5. The van der Waals surface area contributed by atoms with Gasteiger partial charge in [-0.15, -0.1) is 0 Å². The fourth-order valence-corrected chi connectivity index (χ4v) is 2.31. The van der Waals surface area contributed by atoms with Crippen LogP contribution in [0.4, 0.5) is 0 Å². The number of benzene rings is 2. The molecule has 26 heavy (non-hydrogen) atoms. The summed E-state index contributed by atoms with van der Waals surface area (Å²) in [4.78, 5) is 29.0. The van der Waals surface area contributed by atoms with E-state index in [-0.39, 0.29) is 11.5 Å². The molecular formula is C19H13N3O4. The lowest BCUT2D eigenvalue weighted by atomic mass is 10.1. The first kappa shape index (κ1) is 16.9. The van der Waals surface area contributed by atoms with Crippen molar-refractivity contribution < 1.29 is 14.6 Å². The van der Waals surface area contributed by atoms with E-state index in [0.29, 0.717) is 23.5 Å². The zero-order valence-corrected chi connectivity index (χ0v) is 13.5. The van der Waals surface area contributed by atoms with Gasteiger partial charge in [-0.1, -0.05) is 12.1 Å². The molecule has 1 heterocycles. The Labute approximate surface area is 148 Å². The average molecular weight is 347 g/mol. The number of carboxylic acids is 1. The van der Waals surface area contributed by atoms with E-state index in [0.717, 1.165) is 11.6 Å². The van der Waals surface area contributed by atoms with Crippen LogP contribution < -0.4 is 10.3 Å². The molecule has 0 aliphatic heterocycles. The minimum absolute atomic E-state index is 0.170. The molecule has 7 heteroatoms. The van der Waals surface area contributed by atoms with Crippen LogP contribution in [0.25, 0.3) is 11.4 Å². The quantitative estimate of drug-likeness (QED) is 0.733. The van der Waals surface area contributed by atoms with E-state index in [1.54, 1.807) is 42.5 Å². The van der Waals surface area contributed by atoms with Gasteiger partial charge in [-0.2, -0.15) is 5.26 Å². The number of aromatic nitrogens is 2. The van der Waals surface area contributed by atoms with Crippen LogP contribution in [0.3, 0.4) is 0 Å². The van der Waals surface area contributed by atoms with Crippen molar-refractivity contribution >= 4 is 5.97 Å². The highest BCUT2D eigenvalue weighted by atomic mass is 16.5. The number of hydrogen-bond donors (Lipinski definition) is 2. The van der Waals surface area contributed by atoms with Gasteiger partial charge in [-0.25, -0.2) is 9.78 Å². The molecular weight excluding hydrogens is 334 g/mol. The Balaban J connectivity index is 1.75. The highest BCUT2D eigenvalue weighted by molar-refractivity contribution is 5.85. The lowest BCUT2D eigenvalue weighted by Crippen LogP contribution is -2.13. The fourth-order valence-electron chi connectivity index (χ4n) is 2.31. The molecule has 3 aromatic rings. The standard InChI is InChI=1S/C19H13N3O4/c20-10-12-2-1-3-13(8-12)11-26-15-6-4-14(5-7-15)18-21-16(19(24)25)9-17(23)22-18/h1-9H,11H2,(H,24,25)(H,21,22,23). The number of nitrogens with one attached hydrogen (secondary N) is 1. The Morgan fingerprint density at radius 3 is 2.65 bits per heavy atom. The van der Waals surface area contributed by atoms with Gasteiger partial charge < -0.3 is 14.8 Å². The predicted molar refractivity (Wildman–Crippen MR) is 92.7 cm³/mol. The van der Waals surface area contributed by atoms with Gasteiger partial charge >= 0.3 is 5.97 Å². The van der Waals surface area contributed by atoms with Crippen LogP contribution in [0.2, 0.25) is 0 Å². The maximum atomic E-state index is 11.6. The maximum absolute atomic E-state index is 11.6. The van der Waals surface area contributed by atoms with Crippen LogP contribution in [-0.4, -0.2) is 21.0 Å². The summed E-state index contributed by atoms with van der Waals surface area (Å²) in [6.45, 7) is 0.304. The summed E-state index contributed by atoms with van der Waals surface area (Å²) in [6.07, 6.45) is 0. The van der Waals surface area contributed by atoms with Gasteiger partial charge in [0, 0.05) is 11.6 Å². The first-order valence-electron chi connectivity index (χ1n) is 7.62. The highest BCUT2D eigenvalue weighted by Crippen LogP contribution is 2.20. The Bertz CT molecular complexity index is 1050. The van der Waals surface area contributed by atoms with E-state index < -0.39 is 11.5 Å². The van der Waals surface area contributed by atoms with Crippen LogP contribution in [0.5, 0.6) is 5.75 Å². The predicted octanol–water partition coefficient (Wildman–Crippen LogP) is 2.59. The first-order chi connectivity index (χ1) is 12.5. The summed E-state index contributed by atoms with van der Waals surface area (Å²) in [5.41, 5.74) is 1.14. The molecule has 0 unspecified atom stereocenters. The van der Waals surface area contributed by atoms with Crippen LogP contribution in [-0.2, 0) is 6.61 Å². The van der Waals surface area contributed by atoms with E-state index in [2.05, 4.69) is 16.0 Å². The van der Waals surface area contributed by atoms with Gasteiger partial charge in [0.2, 0.25) is 0 Å². The van der Waals surface area contributed by atoms with E-state index in [1.807, 2.05) is 6.07 Å². The van der Waals surface area contributed by atoms with Crippen molar-refractivity contribution in [3.8, 4) is 23.2 Å². The van der Waals surface area contributed by atoms with Crippen molar-refractivity contribution in [2.24, 2.45) is 0 Å². The molecule has 1 aromatic heterocycles. The molecule has 0 saturated carbocycles. The molecule has 0 aliphatic rings. The number of aromatic carboxylic acids is 1. The molecule has 0 saturated heterocycles. The monoisotopic (exact) mass is 347 g/mol. The van der Waals surface area contributed by atoms with Crippen LogP contribution in [0.1, 0.15) is 21.6 Å². The van der Waals surface area contributed by atoms with E-state index in [4.69, 9.17) is 15.1 Å². The van der Waals surface area contributed by atoms with Crippen molar-refractivity contribution in [1.29, 1.82) is 5.26 Å². The van der Waals surface area contributed by atoms with E-state index in [1.165, 1.54) is 0 Å². The van der Waals surface area contributed by atoms with Gasteiger partial charge in [0.05, 0.1) is 11.6 Å². The molecule has 0 fully saturated rings. The minimum Gasteiger partial charge on any atom is -0.489 e. The van der Waals surface area contributed by atoms with Gasteiger partial charge in [-0.3, -0.25) is 4.79 Å². The van der Waals surface area contributed by atoms with Crippen LogP contribution in [0, 0.1) is 11.3 Å². The van der Waals surface area contributed by atoms with Crippen molar-refractivity contribution in [3.63, 3.8) is 0 Å². The third kappa shape index (κ3) is 3.94. The SMILES string of the molecule is N#Cc1cccc(COc2ccc(-c3nc(C(=O)O)cc(=O)[nH]3)cc2)c1. The van der Waals surface area contributed by atoms with Gasteiger partial charge in [0.25, 0.3) is 5.56 Å². The Morgan fingerprint density at radius 1 is 1.19 bits per heavy atom. The number of aromatic amines is 1. The van der Waals surface area contributed by atoms with Crippen LogP contribution in [0.15, 0.2) is 59.4 Å². The largest absolute Gasteiger partial charge is 0.489 e. The lowest BCUT2D eigenvalue weighted by Gasteiger charge is -2.08. The summed E-state index contributed by atoms with van der Waals surface area (Å²) in [5, 5.41) is 17.9. The van der Waals surface area contributed by atoms with Gasteiger partial charge in [-0.05, 0) is 42.0 Å². The molecule has 0 atom stereocenters. The van der Waals surface area contributed by atoms with Crippen molar-refractivity contribution in [2.75, 3.05) is 0 Å². The molecule has 7 nitrogen and oxygen atoms in total. The number of nitrogens with zero attached hydrogens (tertiary/aromatic N) is 2. The molecule has 128 valence electrons. The minimum atomic E-state index is -1.27. The van der Waals surface area contributed by atoms with Gasteiger partial charge in [0.1, 0.15) is 18.2 Å². The van der Waals surface area contributed by atoms with E-state index in [9.17, 15) is 9.59 Å².